The zero-order valence-corrected chi connectivity index (χ0v) is 16.9. The van der Waals surface area contributed by atoms with Crippen molar-refractivity contribution in [1.29, 1.82) is 0 Å². The molecule has 0 bridgehead atoms. The van der Waals surface area contributed by atoms with Gasteiger partial charge in [-0.1, -0.05) is 35.4 Å². The summed E-state index contributed by atoms with van der Waals surface area (Å²) in [6.45, 7) is 8.28. The largest absolute Gasteiger partial charge is 0.462 e. The molecule has 0 fully saturated rings. The third-order valence-corrected chi connectivity index (χ3v) is 4.49. The average molecular weight is 391 g/mol. The van der Waals surface area contributed by atoms with E-state index in [0.717, 1.165) is 0 Å². The second-order valence-electron chi connectivity index (χ2n) is 6.10. The van der Waals surface area contributed by atoms with Crippen LogP contribution >= 0.6 is 23.8 Å². The number of hydrogen-bond donors (Lipinski definition) is 2. The van der Waals surface area contributed by atoms with Gasteiger partial charge in [-0.3, -0.25) is 0 Å². The van der Waals surface area contributed by atoms with Gasteiger partial charge in [0.25, 0.3) is 0 Å². The van der Waals surface area contributed by atoms with Gasteiger partial charge in [0.15, 0.2) is 5.11 Å². The molecule has 2 aromatic carbocycles. The van der Waals surface area contributed by atoms with Crippen LogP contribution < -0.4 is 10.6 Å². The summed E-state index contributed by atoms with van der Waals surface area (Å²) < 4.78 is 4.97. The Morgan fingerprint density at radius 3 is 2.58 bits per heavy atom. The van der Waals surface area contributed by atoms with Crippen LogP contribution in [0.2, 0.25) is 5.02 Å². The third kappa shape index (κ3) is 5.19. The fraction of sp³-hybridized carbons (Fsp3) is 0.300. The Kier molecular flexibility index (Phi) is 7.00. The molecule has 0 spiro atoms. The highest BCUT2D eigenvalue weighted by atomic mass is 35.5. The van der Waals surface area contributed by atoms with Gasteiger partial charge < -0.3 is 15.4 Å². The standard InChI is InChI=1S/C20H23ClN2O2S/c1-5-25-19(24)17-9-7-15(11-18(17)21)23-20(26)22-14(4)16-8-6-12(2)10-13(16)3/h6-11,14H,5H2,1-4H3,(H2,22,23,26). The predicted molar refractivity (Wildman–Crippen MR) is 111 cm³/mol. The lowest BCUT2D eigenvalue weighted by atomic mass is 10.0. The first-order valence-electron chi connectivity index (χ1n) is 8.43. The Hall–Kier alpha value is -2.11. The van der Waals surface area contributed by atoms with Crippen molar-refractivity contribution in [2.24, 2.45) is 0 Å². The van der Waals surface area contributed by atoms with Crippen LogP contribution in [0, 0.1) is 13.8 Å². The molecule has 0 radical (unpaired) electrons. The Bertz CT molecular complexity index is 823. The summed E-state index contributed by atoms with van der Waals surface area (Å²) in [6, 6.07) is 11.4. The van der Waals surface area contributed by atoms with E-state index in [2.05, 4.69) is 49.6 Å². The van der Waals surface area contributed by atoms with Crippen LogP contribution in [-0.4, -0.2) is 17.7 Å². The smallest absolute Gasteiger partial charge is 0.339 e. The summed E-state index contributed by atoms with van der Waals surface area (Å²) in [5.41, 5.74) is 4.68. The minimum atomic E-state index is -0.437. The first-order valence-corrected chi connectivity index (χ1v) is 9.21. The van der Waals surface area contributed by atoms with Crippen molar-refractivity contribution < 1.29 is 9.53 Å². The molecule has 2 rings (SSSR count). The molecule has 2 N–H and O–H groups in total. The summed E-state index contributed by atoms with van der Waals surface area (Å²) in [5, 5.41) is 7.17. The number of rotatable bonds is 5. The summed E-state index contributed by atoms with van der Waals surface area (Å²) >= 11 is 11.6. The number of anilines is 1. The molecule has 0 saturated heterocycles. The third-order valence-electron chi connectivity index (χ3n) is 3.96. The highest BCUT2D eigenvalue weighted by Crippen LogP contribution is 2.23. The van der Waals surface area contributed by atoms with Crippen LogP contribution in [0.25, 0.3) is 0 Å². The van der Waals surface area contributed by atoms with Crippen molar-refractivity contribution >= 4 is 40.6 Å². The van der Waals surface area contributed by atoms with Crippen molar-refractivity contribution in [3.8, 4) is 0 Å². The molecule has 138 valence electrons. The zero-order valence-electron chi connectivity index (χ0n) is 15.4. The maximum Gasteiger partial charge on any atom is 0.339 e. The maximum atomic E-state index is 11.8. The van der Waals surface area contributed by atoms with Crippen LogP contribution in [0.3, 0.4) is 0 Å². The SMILES string of the molecule is CCOC(=O)c1ccc(NC(=S)NC(C)c2ccc(C)cc2C)cc1Cl. The first kappa shape index (κ1) is 20.2. The van der Waals surface area contributed by atoms with E-state index in [1.807, 2.05) is 0 Å². The summed E-state index contributed by atoms with van der Waals surface area (Å²) in [7, 11) is 0. The number of esters is 1. The molecule has 0 amide bonds. The molecule has 0 aliphatic heterocycles. The van der Waals surface area contributed by atoms with Crippen molar-refractivity contribution in [1.82, 2.24) is 5.32 Å². The molecule has 26 heavy (non-hydrogen) atoms. The normalized spacial score (nSPS) is 11.6. The second-order valence-corrected chi connectivity index (χ2v) is 6.91. The van der Waals surface area contributed by atoms with E-state index >= 15 is 0 Å². The van der Waals surface area contributed by atoms with Crippen molar-refractivity contribution in [3.63, 3.8) is 0 Å². The summed E-state index contributed by atoms with van der Waals surface area (Å²) in [6.07, 6.45) is 0. The second kappa shape index (κ2) is 9.01. The molecule has 4 nitrogen and oxygen atoms in total. The van der Waals surface area contributed by atoms with Crippen LogP contribution in [0.15, 0.2) is 36.4 Å². The van der Waals surface area contributed by atoms with Gasteiger partial charge >= 0.3 is 5.97 Å². The quantitative estimate of drug-likeness (QED) is 0.544. The van der Waals surface area contributed by atoms with E-state index in [1.165, 1.54) is 16.7 Å². The molecule has 2 aromatic rings. The fourth-order valence-electron chi connectivity index (χ4n) is 2.72. The molecule has 0 aromatic heterocycles. The van der Waals surface area contributed by atoms with Crippen LogP contribution in [-0.2, 0) is 4.74 Å². The van der Waals surface area contributed by atoms with Crippen molar-refractivity contribution in [3.05, 3.63) is 63.7 Å². The number of ether oxygens (including phenoxy) is 1. The molecule has 1 atom stereocenters. The fourth-order valence-corrected chi connectivity index (χ4v) is 3.27. The highest BCUT2D eigenvalue weighted by Gasteiger charge is 2.13. The van der Waals surface area contributed by atoms with Crippen molar-refractivity contribution in [2.45, 2.75) is 33.7 Å². The van der Waals surface area contributed by atoms with Gasteiger partial charge in [0.05, 0.1) is 23.2 Å². The van der Waals surface area contributed by atoms with E-state index in [0.29, 0.717) is 28.0 Å². The lowest BCUT2D eigenvalue weighted by Crippen LogP contribution is -2.31. The predicted octanol–water partition coefficient (Wildman–Crippen LogP) is 5.18. The Morgan fingerprint density at radius 2 is 1.96 bits per heavy atom. The maximum absolute atomic E-state index is 11.8. The number of benzene rings is 2. The zero-order chi connectivity index (χ0) is 19.3. The molecule has 0 aliphatic carbocycles. The number of hydrogen-bond acceptors (Lipinski definition) is 3. The number of aryl methyl sites for hydroxylation is 2. The molecule has 0 heterocycles. The highest BCUT2D eigenvalue weighted by molar-refractivity contribution is 7.80. The molecule has 1 unspecified atom stereocenters. The number of carbonyl (C=O) groups is 1. The monoisotopic (exact) mass is 390 g/mol. The minimum Gasteiger partial charge on any atom is -0.462 e. The average Bonchev–Trinajstić information content (AvgIpc) is 2.54. The summed E-state index contributed by atoms with van der Waals surface area (Å²) in [4.78, 5) is 11.8. The Morgan fingerprint density at radius 1 is 1.23 bits per heavy atom. The number of thiocarbonyl (C=S) groups is 1. The van der Waals surface area contributed by atoms with Gasteiger partial charge in [-0.25, -0.2) is 4.79 Å². The van der Waals surface area contributed by atoms with E-state index in [4.69, 9.17) is 28.6 Å². The molecular weight excluding hydrogens is 368 g/mol. The number of carbonyl (C=O) groups excluding carboxylic acids is 1. The molecule has 6 heteroatoms. The first-order chi connectivity index (χ1) is 12.3. The van der Waals surface area contributed by atoms with Gasteiger partial charge in [0, 0.05) is 5.69 Å². The van der Waals surface area contributed by atoms with Gasteiger partial charge in [0.1, 0.15) is 0 Å². The minimum absolute atomic E-state index is 0.0601. The lowest BCUT2D eigenvalue weighted by Gasteiger charge is -2.19. The van der Waals surface area contributed by atoms with Gasteiger partial charge in [0.2, 0.25) is 0 Å². The van der Waals surface area contributed by atoms with E-state index in [1.54, 1.807) is 25.1 Å². The van der Waals surface area contributed by atoms with Crippen LogP contribution in [0.5, 0.6) is 0 Å². The molecular formula is C20H23ClN2O2S. The van der Waals surface area contributed by atoms with E-state index < -0.39 is 5.97 Å². The number of nitrogens with one attached hydrogen (secondary N) is 2. The Balaban J connectivity index is 2.03. The van der Waals surface area contributed by atoms with Gasteiger partial charge in [-0.15, -0.1) is 0 Å². The topological polar surface area (TPSA) is 50.4 Å². The Labute approximate surface area is 164 Å². The van der Waals surface area contributed by atoms with Gasteiger partial charge in [-0.2, -0.15) is 0 Å². The van der Waals surface area contributed by atoms with Crippen LogP contribution in [0.1, 0.15) is 46.9 Å². The molecule has 0 saturated carbocycles. The van der Waals surface area contributed by atoms with E-state index in [9.17, 15) is 4.79 Å². The van der Waals surface area contributed by atoms with Gasteiger partial charge in [-0.05, 0) is 69.2 Å². The van der Waals surface area contributed by atoms with Crippen molar-refractivity contribution in [2.75, 3.05) is 11.9 Å². The molecule has 0 aliphatic rings. The van der Waals surface area contributed by atoms with E-state index in [-0.39, 0.29) is 6.04 Å². The van der Waals surface area contributed by atoms with Crippen LogP contribution in [0.4, 0.5) is 5.69 Å². The number of halogens is 1. The summed E-state index contributed by atoms with van der Waals surface area (Å²) in [5.74, 6) is -0.437. The lowest BCUT2D eigenvalue weighted by molar-refractivity contribution is 0.0526.